The van der Waals surface area contributed by atoms with Crippen molar-refractivity contribution in [3.8, 4) is 0 Å². The number of carbonyl (C=O) groups excluding carboxylic acids is 2. The average molecular weight is 354 g/mol. The summed E-state index contributed by atoms with van der Waals surface area (Å²) in [7, 11) is 0. The fourth-order valence-corrected chi connectivity index (χ4v) is 3.02. The highest BCUT2D eigenvalue weighted by Crippen LogP contribution is 2.29. The summed E-state index contributed by atoms with van der Waals surface area (Å²) in [5.74, 6) is -1.26. The second kappa shape index (κ2) is 8.63. The summed E-state index contributed by atoms with van der Waals surface area (Å²) in [6.07, 6.45) is -0.694. The molecule has 0 saturated carbocycles. The molecule has 2 aromatic rings. The third-order valence-corrected chi connectivity index (χ3v) is 4.42. The molecule has 3 atom stereocenters. The second-order valence-electron chi connectivity index (χ2n) is 6.23. The summed E-state index contributed by atoms with van der Waals surface area (Å²) < 4.78 is 16.7. The van der Waals surface area contributed by atoms with Crippen LogP contribution in [0.2, 0.25) is 0 Å². The lowest BCUT2D eigenvalue weighted by Gasteiger charge is -2.21. The zero-order chi connectivity index (χ0) is 18.4. The van der Waals surface area contributed by atoms with E-state index in [1.807, 2.05) is 43.3 Å². The molecule has 0 unspecified atom stereocenters. The molecule has 1 saturated heterocycles. The third kappa shape index (κ3) is 4.29. The number of benzene rings is 2. The van der Waals surface area contributed by atoms with Gasteiger partial charge in [0.1, 0.15) is 0 Å². The lowest BCUT2D eigenvalue weighted by molar-refractivity contribution is -0.146. The Kier molecular flexibility index (Phi) is 6.02. The first-order valence-electron chi connectivity index (χ1n) is 8.77. The zero-order valence-corrected chi connectivity index (χ0v) is 14.7. The van der Waals surface area contributed by atoms with Gasteiger partial charge in [0.15, 0.2) is 12.2 Å². The molecule has 136 valence electrons. The Morgan fingerprint density at radius 3 is 2.35 bits per heavy atom. The van der Waals surface area contributed by atoms with E-state index in [4.69, 9.17) is 14.2 Å². The number of carbonyl (C=O) groups is 2. The summed E-state index contributed by atoms with van der Waals surface area (Å²) in [5.41, 5.74) is 1.48. The van der Waals surface area contributed by atoms with Gasteiger partial charge in [0.05, 0.1) is 24.7 Å². The van der Waals surface area contributed by atoms with Crippen molar-refractivity contribution in [3.05, 3.63) is 71.8 Å². The molecule has 1 aliphatic heterocycles. The van der Waals surface area contributed by atoms with Crippen LogP contribution in [0, 0.1) is 5.92 Å². The van der Waals surface area contributed by atoms with E-state index in [0.29, 0.717) is 18.6 Å². The molecule has 0 aliphatic carbocycles. The maximum absolute atomic E-state index is 12.4. The number of rotatable bonds is 7. The molecule has 1 heterocycles. The molecule has 2 aromatic carbocycles. The minimum atomic E-state index is -0.643. The van der Waals surface area contributed by atoms with Crippen LogP contribution in [-0.4, -0.2) is 30.8 Å². The number of cyclic esters (lactones) is 1. The molecule has 26 heavy (non-hydrogen) atoms. The topological polar surface area (TPSA) is 61.8 Å². The lowest BCUT2D eigenvalue weighted by Crippen LogP contribution is -2.35. The van der Waals surface area contributed by atoms with Crippen LogP contribution in [0.25, 0.3) is 0 Å². The van der Waals surface area contributed by atoms with Crippen LogP contribution in [-0.2, 0) is 25.6 Å². The molecule has 3 rings (SSSR count). The normalized spacial score (nSPS) is 22.0. The van der Waals surface area contributed by atoms with E-state index in [-0.39, 0.29) is 12.6 Å². The number of esters is 2. The maximum atomic E-state index is 12.4. The van der Waals surface area contributed by atoms with Crippen molar-refractivity contribution in [2.75, 3.05) is 6.61 Å². The largest absolute Gasteiger partial charge is 0.456 e. The van der Waals surface area contributed by atoms with Crippen LogP contribution in [0.3, 0.4) is 0 Å². The monoisotopic (exact) mass is 354 g/mol. The fraction of sp³-hybridized carbons (Fsp3) is 0.333. The standard InChI is InChI=1S/C21H22O5/c1-2-17-19(26-20(22)16-11-7-4-8-12-16)18(25-21(17)23)14-24-13-15-9-5-3-6-10-15/h3-12,17-19H,2,13-14H2,1H3/t17-,18+,19-/m0/s1. The molecular weight excluding hydrogens is 332 g/mol. The Bertz CT molecular complexity index is 729. The van der Waals surface area contributed by atoms with Crippen LogP contribution in [0.1, 0.15) is 29.3 Å². The summed E-state index contributed by atoms with van der Waals surface area (Å²) in [6.45, 7) is 2.47. The van der Waals surface area contributed by atoms with E-state index < -0.39 is 24.1 Å². The summed E-state index contributed by atoms with van der Waals surface area (Å²) >= 11 is 0. The van der Waals surface area contributed by atoms with Gasteiger partial charge in [0, 0.05) is 0 Å². The van der Waals surface area contributed by atoms with Gasteiger partial charge < -0.3 is 14.2 Å². The summed E-state index contributed by atoms with van der Waals surface area (Å²) in [5, 5.41) is 0. The van der Waals surface area contributed by atoms with Gasteiger partial charge in [-0.25, -0.2) is 4.79 Å². The van der Waals surface area contributed by atoms with Crippen molar-refractivity contribution in [1.29, 1.82) is 0 Å². The van der Waals surface area contributed by atoms with Gasteiger partial charge in [0.2, 0.25) is 0 Å². The first-order valence-corrected chi connectivity index (χ1v) is 8.77. The minimum Gasteiger partial charge on any atom is -0.456 e. The Hall–Kier alpha value is -2.66. The molecule has 0 aromatic heterocycles. The Balaban J connectivity index is 1.63. The highest BCUT2D eigenvalue weighted by molar-refractivity contribution is 5.90. The van der Waals surface area contributed by atoms with Gasteiger partial charge in [-0.05, 0) is 24.1 Å². The van der Waals surface area contributed by atoms with Crippen LogP contribution >= 0.6 is 0 Å². The first-order chi connectivity index (χ1) is 12.7. The first kappa shape index (κ1) is 18.1. The minimum absolute atomic E-state index is 0.184. The number of ether oxygens (including phenoxy) is 3. The quantitative estimate of drug-likeness (QED) is 0.713. The van der Waals surface area contributed by atoms with Gasteiger partial charge in [-0.15, -0.1) is 0 Å². The van der Waals surface area contributed by atoms with E-state index in [1.54, 1.807) is 24.3 Å². The van der Waals surface area contributed by atoms with Crippen LogP contribution < -0.4 is 0 Å². The van der Waals surface area contributed by atoms with Gasteiger partial charge in [-0.3, -0.25) is 4.79 Å². The summed E-state index contributed by atoms with van der Waals surface area (Å²) in [4.78, 5) is 24.5. The van der Waals surface area contributed by atoms with Gasteiger partial charge >= 0.3 is 11.9 Å². The lowest BCUT2D eigenvalue weighted by atomic mass is 9.98. The van der Waals surface area contributed by atoms with Gasteiger partial charge in [-0.1, -0.05) is 55.5 Å². The van der Waals surface area contributed by atoms with Crippen molar-refractivity contribution in [1.82, 2.24) is 0 Å². The molecule has 5 heteroatoms. The predicted molar refractivity (Wildman–Crippen MR) is 95.4 cm³/mol. The SMILES string of the molecule is CC[C@@H]1C(=O)O[C@H](COCc2ccccc2)[C@H]1OC(=O)c1ccccc1. The predicted octanol–water partition coefficient (Wildman–Crippen LogP) is 3.38. The van der Waals surface area contributed by atoms with E-state index in [1.165, 1.54) is 0 Å². The highest BCUT2D eigenvalue weighted by Gasteiger charge is 2.46. The number of hydrogen-bond acceptors (Lipinski definition) is 5. The van der Waals surface area contributed by atoms with E-state index in [0.717, 1.165) is 5.56 Å². The van der Waals surface area contributed by atoms with Crippen LogP contribution in [0.4, 0.5) is 0 Å². The Labute approximate surface area is 152 Å². The zero-order valence-electron chi connectivity index (χ0n) is 14.7. The smallest absolute Gasteiger partial charge is 0.338 e. The van der Waals surface area contributed by atoms with Crippen molar-refractivity contribution in [3.63, 3.8) is 0 Å². The van der Waals surface area contributed by atoms with Gasteiger partial charge in [0.25, 0.3) is 0 Å². The van der Waals surface area contributed by atoms with Crippen molar-refractivity contribution < 1.29 is 23.8 Å². The molecule has 0 amide bonds. The molecular formula is C21H22O5. The fourth-order valence-electron chi connectivity index (χ4n) is 3.02. The third-order valence-electron chi connectivity index (χ3n) is 4.42. The Morgan fingerprint density at radius 2 is 1.69 bits per heavy atom. The van der Waals surface area contributed by atoms with Crippen LogP contribution in [0.5, 0.6) is 0 Å². The van der Waals surface area contributed by atoms with E-state index in [9.17, 15) is 9.59 Å². The highest BCUT2D eigenvalue weighted by atomic mass is 16.6. The second-order valence-corrected chi connectivity index (χ2v) is 6.23. The molecule has 1 fully saturated rings. The number of hydrogen-bond donors (Lipinski definition) is 0. The van der Waals surface area contributed by atoms with Crippen LogP contribution in [0.15, 0.2) is 60.7 Å². The molecule has 0 radical (unpaired) electrons. The Morgan fingerprint density at radius 1 is 1.04 bits per heavy atom. The average Bonchev–Trinajstić information content (AvgIpc) is 2.97. The van der Waals surface area contributed by atoms with Crippen molar-refractivity contribution >= 4 is 11.9 Å². The van der Waals surface area contributed by atoms with Crippen molar-refractivity contribution in [2.45, 2.75) is 32.2 Å². The van der Waals surface area contributed by atoms with Crippen molar-refractivity contribution in [2.24, 2.45) is 5.92 Å². The van der Waals surface area contributed by atoms with E-state index in [2.05, 4.69) is 0 Å². The molecule has 1 aliphatic rings. The molecule has 0 N–H and O–H groups in total. The molecule has 5 nitrogen and oxygen atoms in total. The van der Waals surface area contributed by atoms with Gasteiger partial charge in [-0.2, -0.15) is 0 Å². The molecule has 0 spiro atoms. The summed E-state index contributed by atoms with van der Waals surface area (Å²) in [6, 6.07) is 18.5. The van der Waals surface area contributed by atoms with E-state index >= 15 is 0 Å². The maximum Gasteiger partial charge on any atom is 0.338 e. The molecule has 0 bridgehead atoms.